The molecule has 144 valence electrons. The van der Waals surface area contributed by atoms with Crippen molar-refractivity contribution >= 4 is 22.4 Å². The van der Waals surface area contributed by atoms with Crippen LogP contribution in [0.3, 0.4) is 0 Å². The molecule has 0 N–H and O–H groups in total. The van der Waals surface area contributed by atoms with Crippen molar-refractivity contribution in [3.63, 3.8) is 0 Å². The first-order valence-corrected chi connectivity index (χ1v) is 9.35. The number of pyridine rings is 1. The zero-order valence-electron chi connectivity index (χ0n) is 16.1. The van der Waals surface area contributed by atoms with Gasteiger partial charge < -0.3 is 19.1 Å². The maximum Gasteiger partial charge on any atom is 0.270 e. The van der Waals surface area contributed by atoms with Crippen molar-refractivity contribution in [1.82, 2.24) is 9.47 Å². The van der Waals surface area contributed by atoms with Crippen LogP contribution in [0, 0.1) is 0 Å². The number of amides is 1. The van der Waals surface area contributed by atoms with Gasteiger partial charge >= 0.3 is 0 Å². The maximum absolute atomic E-state index is 13.1. The van der Waals surface area contributed by atoms with E-state index in [1.807, 2.05) is 53.4 Å². The largest absolute Gasteiger partial charge is 0.497 e. The summed E-state index contributed by atoms with van der Waals surface area (Å²) >= 11 is 0. The molecule has 1 saturated heterocycles. The summed E-state index contributed by atoms with van der Waals surface area (Å²) in [5.74, 6) is 0.720. The van der Waals surface area contributed by atoms with Gasteiger partial charge in [-0.3, -0.25) is 9.59 Å². The zero-order valence-corrected chi connectivity index (χ0v) is 16.1. The molecule has 0 saturated carbocycles. The van der Waals surface area contributed by atoms with Crippen LogP contribution >= 0.6 is 0 Å². The number of methoxy groups -OCH3 is 1. The van der Waals surface area contributed by atoms with Gasteiger partial charge in [0.25, 0.3) is 11.5 Å². The number of anilines is 1. The average Bonchev–Trinajstić information content (AvgIpc) is 2.76. The van der Waals surface area contributed by atoms with Crippen LogP contribution in [-0.2, 0) is 7.05 Å². The molecule has 3 aromatic rings. The summed E-state index contributed by atoms with van der Waals surface area (Å²) in [6.07, 6.45) is 0. The Labute approximate surface area is 163 Å². The topological polar surface area (TPSA) is 54.8 Å². The number of piperazine rings is 1. The summed E-state index contributed by atoms with van der Waals surface area (Å²) < 4.78 is 6.76. The minimum absolute atomic E-state index is 0.101. The van der Waals surface area contributed by atoms with Gasteiger partial charge in [-0.2, -0.15) is 0 Å². The Morgan fingerprint density at radius 1 is 0.964 bits per heavy atom. The molecular weight excluding hydrogens is 354 g/mol. The van der Waals surface area contributed by atoms with Crippen molar-refractivity contribution in [2.75, 3.05) is 38.2 Å². The quantitative estimate of drug-likeness (QED) is 0.704. The first kappa shape index (κ1) is 18.1. The lowest BCUT2D eigenvalue weighted by Crippen LogP contribution is -2.49. The first-order valence-electron chi connectivity index (χ1n) is 9.35. The molecule has 4 rings (SSSR count). The monoisotopic (exact) mass is 377 g/mol. The predicted molar refractivity (Wildman–Crippen MR) is 110 cm³/mol. The standard InChI is InChI=1S/C22H23N3O3/c1-23-20(14-16-6-3-4-9-19(16)21(23)26)22(27)25-12-10-24(11-13-25)17-7-5-8-18(15-17)28-2/h3-9,14-15H,10-13H2,1-2H3. The van der Waals surface area contributed by atoms with E-state index in [2.05, 4.69) is 4.90 Å². The number of nitrogens with zero attached hydrogens (tertiary/aromatic N) is 3. The third kappa shape index (κ3) is 3.22. The Bertz CT molecular complexity index is 1080. The van der Waals surface area contributed by atoms with Crippen molar-refractivity contribution in [3.05, 3.63) is 70.6 Å². The second kappa shape index (κ2) is 7.38. The fraction of sp³-hybridized carbons (Fsp3) is 0.273. The van der Waals surface area contributed by atoms with E-state index in [1.54, 1.807) is 20.2 Å². The number of aromatic nitrogens is 1. The van der Waals surface area contributed by atoms with E-state index in [9.17, 15) is 9.59 Å². The Kier molecular flexibility index (Phi) is 4.77. The van der Waals surface area contributed by atoms with Crippen LogP contribution in [0.5, 0.6) is 5.75 Å². The highest BCUT2D eigenvalue weighted by Crippen LogP contribution is 2.22. The second-order valence-corrected chi connectivity index (χ2v) is 6.96. The SMILES string of the molecule is COc1cccc(N2CCN(C(=O)c3cc4ccccc4c(=O)n3C)CC2)c1. The van der Waals surface area contributed by atoms with Gasteiger partial charge in [0.05, 0.1) is 7.11 Å². The normalized spacial score (nSPS) is 14.4. The second-order valence-electron chi connectivity index (χ2n) is 6.96. The number of fused-ring (bicyclic) bond motifs is 1. The molecule has 0 spiro atoms. The molecule has 0 aliphatic carbocycles. The van der Waals surface area contributed by atoms with Crippen LogP contribution in [0.4, 0.5) is 5.69 Å². The number of hydrogen-bond acceptors (Lipinski definition) is 4. The molecule has 0 atom stereocenters. The molecule has 28 heavy (non-hydrogen) atoms. The fourth-order valence-electron chi connectivity index (χ4n) is 3.69. The van der Waals surface area contributed by atoms with Crippen LogP contribution in [-0.4, -0.2) is 48.7 Å². The number of ether oxygens (including phenoxy) is 1. The molecule has 0 unspecified atom stereocenters. The molecule has 1 fully saturated rings. The van der Waals surface area contributed by atoms with Gasteiger partial charge in [-0.05, 0) is 29.7 Å². The van der Waals surface area contributed by atoms with E-state index in [-0.39, 0.29) is 11.5 Å². The van der Waals surface area contributed by atoms with Crippen LogP contribution in [0.25, 0.3) is 10.8 Å². The molecule has 0 bridgehead atoms. The summed E-state index contributed by atoms with van der Waals surface area (Å²) in [6, 6.07) is 17.1. The third-order valence-corrected chi connectivity index (χ3v) is 5.35. The highest BCUT2D eigenvalue weighted by atomic mass is 16.5. The third-order valence-electron chi connectivity index (χ3n) is 5.35. The van der Waals surface area contributed by atoms with Crippen molar-refractivity contribution in [1.29, 1.82) is 0 Å². The Balaban J connectivity index is 1.54. The Morgan fingerprint density at radius 3 is 2.46 bits per heavy atom. The maximum atomic E-state index is 13.1. The highest BCUT2D eigenvalue weighted by Gasteiger charge is 2.24. The lowest BCUT2D eigenvalue weighted by molar-refractivity contribution is 0.0736. The van der Waals surface area contributed by atoms with E-state index in [1.165, 1.54) is 4.57 Å². The summed E-state index contributed by atoms with van der Waals surface area (Å²) in [7, 11) is 3.32. The van der Waals surface area contributed by atoms with Crippen molar-refractivity contribution in [2.45, 2.75) is 0 Å². The first-order chi connectivity index (χ1) is 13.6. The van der Waals surface area contributed by atoms with E-state index in [4.69, 9.17) is 4.74 Å². The van der Waals surface area contributed by atoms with E-state index in [0.717, 1.165) is 29.9 Å². The van der Waals surface area contributed by atoms with Crippen molar-refractivity contribution in [3.8, 4) is 5.75 Å². The summed E-state index contributed by atoms with van der Waals surface area (Å²) in [5, 5.41) is 1.42. The Morgan fingerprint density at radius 2 is 1.71 bits per heavy atom. The van der Waals surface area contributed by atoms with E-state index < -0.39 is 0 Å². The molecule has 1 aliphatic heterocycles. The molecule has 6 heteroatoms. The van der Waals surface area contributed by atoms with E-state index in [0.29, 0.717) is 24.2 Å². The summed E-state index contributed by atoms with van der Waals surface area (Å²) in [4.78, 5) is 29.8. The van der Waals surface area contributed by atoms with Gasteiger partial charge in [0.2, 0.25) is 0 Å². The predicted octanol–water partition coefficient (Wildman–Crippen LogP) is 2.51. The minimum atomic E-state index is -0.142. The molecule has 0 radical (unpaired) electrons. The van der Waals surface area contributed by atoms with Crippen LogP contribution in [0.1, 0.15) is 10.5 Å². The summed E-state index contributed by atoms with van der Waals surface area (Å²) in [6.45, 7) is 2.69. The van der Waals surface area contributed by atoms with Gasteiger partial charge in [-0.25, -0.2) is 0 Å². The molecule has 1 aliphatic rings. The van der Waals surface area contributed by atoms with Gasteiger partial charge in [-0.15, -0.1) is 0 Å². The Hall–Kier alpha value is -3.28. The minimum Gasteiger partial charge on any atom is -0.497 e. The number of rotatable bonds is 3. The highest BCUT2D eigenvalue weighted by molar-refractivity contribution is 5.96. The van der Waals surface area contributed by atoms with Gasteiger partial charge in [0.15, 0.2) is 0 Å². The van der Waals surface area contributed by atoms with Gasteiger partial charge in [0, 0.05) is 50.4 Å². The smallest absolute Gasteiger partial charge is 0.270 e. The van der Waals surface area contributed by atoms with Crippen LogP contribution < -0.4 is 15.2 Å². The average molecular weight is 377 g/mol. The van der Waals surface area contributed by atoms with Crippen LogP contribution in [0.2, 0.25) is 0 Å². The molecule has 2 aromatic carbocycles. The number of carbonyl (C=O) groups is 1. The zero-order chi connectivity index (χ0) is 19.7. The molecule has 2 heterocycles. The lowest BCUT2D eigenvalue weighted by atomic mass is 10.1. The van der Waals surface area contributed by atoms with Crippen molar-refractivity contribution < 1.29 is 9.53 Å². The number of hydrogen-bond donors (Lipinski definition) is 0. The number of carbonyl (C=O) groups excluding carboxylic acids is 1. The lowest BCUT2D eigenvalue weighted by Gasteiger charge is -2.36. The number of benzene rings is 2. The van der Waals surface area contributed by atoms with Crippen molar-refractivity contribution in [2.24, 2.45) is 7.05 Å². The van der Waals surface area contributed by atoms with Crippen LogP contribution in [0.15, 0.2) is 59.4 Å². The molecule has 1 amide bonds. The van der Waals surface area contributed by atoms with Gasteiger partial charge in [-0.1, -0.05) is 24.3 Å². The van der Waals surface area contributed by atoms with E-state index >= 15 is 0 Å². The fourth-order valence-corrected chi connectivity index (χ4v) is 3.69. The molecule has 1 aromatic heterocycles. The molecule has 6 nitrogen and oxygen atoms in total. The summed E-state index contributed by atoms with van der Waals surface area (Å²) in [5.41, 5.74) is 1.37. The van der Waals surface area contributed by atoms with Gasteiger partial charge in [0.1, 0.15) is 11.4 Å². The molecular formula is C22H23N3O3.